The van der Waals surface area contributed by atoms with Crippen LogP contribution < -0.4 is 10.5 Å². The second kappa shape index (κ2) is 15.8. The van der Waals surface area contributed by atoms with Gasteiger partial charge in [0.05, 0.1) is 6.61 Å². The zero-order valence-corrected chi connectivity index (χ0v) is 26.7. The highest BCUT2D eigenvalue weighted by Gasteiger charge is 2.32. The topological polar surface area (TPSA) is 145 Å². The number of amides is 3. The largest absolute Gasteiger partial charge is 0.491 e. The normalized spacial score (nSPS) is 16.2. The van der Waals surface area contributed by atoms with E-state index < -0.39 is 29.9 Å². The maximum Gasteiger partial charge on any atom is 0.303 e. The summed E-state index contributed by atoms with van der Waals surface area (Å²) in [5, 5.41) is 2.02. The number of hydrogen-bond donors (Lipinski definition) is 1. The molecule has 1 aliphatic heterocycles. The van der Waals surface area contributed by atoms with E-state index in [1.165, 1.54) is 30.2 Å². The number of rotatable bonds is 17. The van der Waals surface area contributed by atoms with E-state index in [2.05, 4.69) is 4.98 Å². The molecule has 1 saturated heterocycles. The van der Waals surface area contributed by atoms with Crippen molar-refractivity contribution in [2.45, 2.75) is 84.1 Å². The first kappa shape index (κ1) is 34.0. The summed E-state index contributed by atoms with van der Waals surface area (Å²) < 4.78 is 16.5. The van der Waals surface area contributed by atoms with E-state index in [4.69, 9.17) is 19.9 Å². The molecule has 0 radical (unpaired) electrons. The average Bonchev–Trinajstić information content (AvgIpc) is 3.67. The highest BCUT2D eigenvalue weighted by atomic mass is 32.1. The molecule has 0 saturated carbocycles. The number of hydrogen-bond acceptors (Lipinski definition) is 9. The summed E-state index contributed by atoms with van der Waals surface area (Å²) >= 11 is 1.19. The quantitative estimate of drug-likeness (QED) is 0.209. The van der Waals surface area contributed by atoms with Crippen LogP contribution in [0.15, 0.2) is 29.6 Å². The fraction of sp³-hybridized carbons (Fsp3) is 0.581. The molecule has 0 bridgehead atoms. The van der Waals surface area contributed by atoms with E-state index in [9.17, 15) is 19.2 Å². The number of ether oxygens (including phenoxy) is 3. The van der Waals surface area contributed by atoms with Crippen molar-refractivity contribution in [2.24, 2.45) is 11.7 Å². The van der Waals surface area contributed by atoms with Crippen LogP contribution in [0, 0.1) is 5.92 Å². The molecule has 2 unspecified atom stereocenters. The molecule has 2 heterocycles. The van der Waals surface area contributed by atoms with E-state index in [0.717, 1.165) is 18.4 Å². The minimum atomic E-state index is -0.915. The zero-order valence-electron chi connectivity index (χ0n) is 25.9. The Balaban J connectivity index is 1.73. The molecule has 2 N–H and O–H groups in total. The van der Waals surface area contributed by atoms with Crippen molar-refractivity contribution in [1.29, 1.82) is 0 Å². The van der Waals surface area contributed by atoms with Gasteiger partial charge in [0.2, 0.25) is 11.8 Å². The van der Waals surface area contributed by atoms with Crippen LogP contribution in [-0.4, -0.2) is 84.0 Å². The fourth-order valence-corrected chi connectivity index (χ4v) is 5.60. The van der Waals surface area contributed by atoms with Crippen molar-refractivity contribution in [3.63, 3.8) is 0 Å². The Bertz CT molecular complexity index is 1250. The molecule has 4 atom stereocenters. The van der Waals surface area contributed by atoms with Crippen LogP contribution in [0.3, 0.4) is 0 Å². The first-order valence-corrected chi connectivity index (χ1v) is 15.6. The van der Waals surface area contributed by atoms with Gasteiger partial charge in [0.15, 0.2) is 6.10 Å². The predicted molar refractivity (Wildman–Crippen MR) is 163 cm³/mol. The van der Waals surface area contributed by atoms with E-state index >= 15 is 0 Å². The fourth-order valence-electron chi connectivity index (χ4n) is 4.77. The molecule has 3 rings (SSSR count). The van der Waals surface area contributed by atoms with Gasteiger partial charge < -0.3 is 29.7 Å². The monoisotopic (exact) mass is 616 g/mol. The summed E-state index contributed by atoms with van der Waals surface area (Å²) in [7, 11) is 3.28. The number of primary amides is 1. The number of epoxide rings is 1. The molecule has 1 aliphatic rings. The maximum absolute atomic E-state index is 13.4. The molecule has 1 fully saturated rings. The number of unbranched alkanes of at least 4 members (excludes halogenated alkanes) is 1. The van der Waals surface area contributed by atoms with Crippen molar-refractivity contribution in [3.05, 3.63) is 45.9 Å². The summed E-state index contributed by atoms with van der Waals surface area (Å²) in [5.41, 5.74) is 6.64. The van der Waals surface area contributed by atoms with Crippen molar-refractivity contribution in [3.8, 4) is 5.75 Å². The highest BCUT2D eigenvalue weighted by molar-refractivity contribution is 7.09. The van der Waals surface area contributed by atoms with E-state index in [-0.39, 0.29) is 36.1 Å². The van der Waals surface area contributed by atoms with E-state index in [0.29, 0.717) is 36.8 Å². The van der Waals surface area contributed by atoms with Crippen LogP contribution in [0.25, 0.3) is 0 Å². The van der Waals surface area contributed by atoms with Gasteiger partial charge in [-0.3, -0.25) is 19.2 Å². The van der Waals surface area contributed by atoms with Crippen LogP contribution in [0.1, 0.15) is 80.5 Å². The third kappa shape index (κ3) is 10.0. The van der Waals surface area contributed by atoms with E-state index in [1.807, 2.05) is 32.9 Å². The van der Waals surface area contributed by atoms with Gasteiger partial charge in [-0.25, -0.2) is 4.98 Å². The Morgan fingerprint density at radius 2 is 1.81 bits per heavy atom. The van der Waals surface area contributed by atoms with Gasteiger partial charge in [0, 0.05) is 51.7 Å². The van der Waals surface area contributed by atoms with Gasteiger partial charge in [-0.2, -0.15) is 0 Å². The van der Waals surface area contributed by atoms with E-state index in [1.54, 1.807) is 29.5 Å². The highest BCUT2D eigenvalue weighted by Crippen LogP contribution is 2.31. The SMILES string of the molecule is CCCCC(=O)N(C)[C@H](C[C@@H](OC(C)=O)c1nc(C(=O)N(C)C(Cc2ccc(OCC3CO3)cc2)C(N)=O)cs1)C(C)C. The minimum Gasteiger partial charge on any atom is -0.491 e. The summed E-state index contributed by atoms with van der Waals surface area (Å²) in [5.74, 6) is -0.807. The van der Waals surface area contributed by atoms with Gasteiger partial charge in [-0.1, -0.05) is 39.3 Å². The maximum atomic E-state index is 13.4. The predicted octanol–water partition coefficient (Wildman–Crippen LogP) is 3.76. The summed E-state index contributed by atoms with van der Waals surface area (Å²) in [6.07, 6.45) is 2.11. The number of thiazole rings is 1. The summed E-state index contributed by atoms with van der Waals surface area (Å²) in [6, 6.07) is 6.14. The standard InChI is InChI=1S/C31H44N4O7S/c1-7-8-9-28(37)34(5)25(19(2)3)15-27(42-20(4)36)30-33-24(18-43-30)31(39)35(6)26(29(32)38)14-21-10-12-22(13-11-21)40-16-23-17-41-23/h10-13,18-19,23,25-27H,7-9,14-17H2,1-6H3,(H2,32,38)/t23?,25-,26?,27-/m1/s1. The molecule has 3 amide bonds. The van der Waals surface area contributed by atoms with Crippen molar-refractivity contribution >= 4 is 35.0 Å². The Kier molecular flexibility index (Phi) is 12.5. The lowest BCUT2D eigenvalue weighted by Crippen LogP contribution is -2.47. The average molecular weight is 617 g/mol. The first-order chi connectivity index (χ1) is 20.4. The molecular weight excluding hydrogens is 572 g/mol. The van der Waals surface area contributed by atoms with Crippen LogP contribution in [0.2, 0.25) is 0 Å². The Morgan fingerprint density at radius 3 is 2.37 bits per heavy atom. The third-order valence-electron chi connectivity index (χ3n) is 7.49. The lowest BCUT2D eigenvalue weighted by molar-refractivity contribution is -0.148. The van der Waals surface area contributed by atoms with Crippen molar-refractivity contribution < 1.29 is 33.4 Å². The lowest BCUT2D eigenvalue weighted by Gasteiger charge is -2.33. The first-order valence-electron chi connectivity index (χ1n) is 14.7. The summed E-state index contributed by atoms with van der Waals surface area (Å²) in [6.45, 7) is 8.57. The lowest BCUT2D eigenvalue weighted by atomic mass is 9.96. The second-order valence-electron chi connectivity index (χ2n) is 11.3. The molecule has 2 aromatic rings. The number of esters is 1. The number of carbonyl (C=O) groups excluding carboxylic acids is 4. The van der Waals surface area contributed by atoms with Crippen molar-refractivity contribution in [2.75, 3.05) is 27.3 Å². The van der Waals surface area contributed by atoms with Crippen LogP contribution in [0.4, 0.5) is 0 Å². The van der Waals surface area contributed by atoms with Crippen molar-refractivity contribution in [1.82, 2.24) is 14.8 Å². The molecule has 1 aromatic carbocycles. The number of nitrogens with two attached hydrogens (primary N) is 1. The molecular formula is C31H44N4O7S. The number of nitrogens with zero attached hydrogens (tertiary/aromatic N) is 3. The van der Waals surface area contributed by atoms with Gasteiger partial charge in [0.1, 0.15) is 35.2 Å². The molecule has 43 heavy (non-hydrogen) atoms. The molecule has 12 heteroatoms. The Morgan fingerprint density at radius 1 is 1.14 bits per heavy atom. The molecule has 0 aliphatic carbocycles. The molecule has 0 spiro atoms. The van der Waals surface area contributed by atoms with Gasteiger partial charge in [-0.15, -0.1) is 11.3 Å². The molecule has 11 nitrogen and oxygen atoms in total. The number of likely N-dealkylation sites (N-methyl/N-ethyl adjacent to an activating group) is 1. The number of aromatic nitrogens is 1. The number of benzene rings is 1. The van der Waals surface area contributed by atoms with Gasteiger partial charge in [-0.05, 0) is 30.0 Å². The minimum absolute atomic E-state index is 0.0336. The second-order valence-corrected chi connectivity index (χ2v) is 12.2. The van der Waals surface area contributed by atoms with Gasteiger partial charge >= 0.3 is 5.97 Å². The molecule has 1 aromatic heterocycles. The Labute approximate surface area is 257 Å². The van der Waals surface area contributed by atoms with Crippen LogP contribution in [0.5, 0.6) is 5.75 Å². The smallest absolute Gasteiger partial charge is 0.303 e. The summed E-state index contributed by atoms with van der Waals surface area (Å²) in [4.78, 5) is 58.2. The number of carbonyl (C=O) groups is 4. The van der Waals surface area contributed by atoms with Crippen LogP contribution in [-0.2, 0) is 30.3 Å². The van der Waals surface area contributed by atoms with Crippen LogP contribution >= 0.6 is 11.3 Å². The van der Waals surface area contributed by atoms with Gasteiger partial charge in [0.25, 0.3) is 5.91 Å². The molecule has 236 valence electrons. The Hall–Kier alpha value is -3.51. The zero-order chi connectivity index (χ0) is 31.7. The third-order valence-corrected chi connectivity index (χ3v) is 8.43.